The minimum Gasteiger partial charge on any atom is -0.467 e. The molecule has 4 nitrogen and oxygen atoms in total. The third-order valence-electron chi connectivity index (χ3n) is 4.33. The van der Waals surface area contributed by atoms with Crippen LogP contribution in [0.5, 0.6) is 5.75 Å². The maximum atomic E-state index is 6.27. The maximum absolute atomic E-state index is 6.27. The van der Waals surface area contributed by atoms with E-state index in [1.165, 1.54) is 10.4 Å². The van der Waals surface area contributed by atoms with Crippen LogP contribution < -0.4 is 10.2 Å². The molecule has 3 aromatic rings. The molecule has 24 heavy (non-hydrogen) atoms. The van der Waals surface area contributed by atoms with Crippen LogP contribution in [-0.2, 0) is 0 Å². The predicted octanol–water partition coefficient (Wildman–Crippen LogP) is 4.14. The molecule has 1 aromatic carbocycles. The molecule has 2 aliphatic rings. The van der Waals surface area contributed by atoms with Crippen LogP contribution in [0.4, 0.5) is 0 Å². The number of fused-ring (bicyclic) bond motifs is 3. The second kappa shape index (κ2) is 5.47. The number of rotatable bonds is 2. The number of para-hydroxylation sites is 1. The number of nitrogens with one attached hydrogen (secondary N) is 1. The van der Waals surface area contributed by atoms with E-state index in [0.717, 1.165) is 17.1 Å². The second-order valence-electron chi connectivity index (χ2n) is 5.78. The van der Waals surface area contributed by atoms with Crippen molar-refractivity contribution in [2.45, 2.75) is 12.3 Å². The molecule has 0 saturated carbocycles. The number of ether oxygens (including phenoxy) is 1. The molecule has 2 aliphatic heterocycles. The molecular formula is C19H15N3OS. The summed E-state index contributed by atoms with van der Waals surface area (Å²) in [5.41, 5.74) is 6.71. The van der Waals surface area contributed by atoms with Crippen molar-refractivity contribution < 1.29 is 4.74 Å². The maximum Gasteiger partial charge on any atom is 0.212 e. The Bertz CT molecular complexity index is 892. The average molecular weight is 333 g/mol. The second-order valence-corrected chi connectivity index (χ2v) is 6.73. The molecule has 2 unspecified atom stereocenters. The molecule has 0 saturated heterocycles. The molecule has 5 heteroatoms. The highest BCUT2D eigenvalue weighted by Crippen LogP contribution is 2.45. The SMILES string of the molecule is C1=C(c2cccs2)NN2C1c1ccccc1OC2c1ccccn1. The van der Waals surface area contributed by atoms with E-state index in [1.54, 1.807) is 17.5 Å². The van der Waals surface area contributed by atoms with Gasteiger partial charge in [0.05, 0.1) is 22.3 Å². The fourth-order valence-corrected chi connectivity index (χ4v) is 3.93. The molecule has 5 rings (SSSR count). The lowest BCUT2D eigenvalue weighted by molar-refractivity contribution is -0.0353. The minimum absolute atomic E-state index is 0.124. The Hall–Kier alpha value is -2.63. The molecule has 2 aromatic heterocycles. The van der Waals surface area contributed by atoms with Gasteiger partial charge in [0.2, 0.25) is 6.23 Å². The van der Waals surface area contributed by atoms with Crippen molar-refractivity contribution in [1.82, 2.24) is 15.4 Å². The Morgan fingerprint density at radius 1 is 1.04 bits per heavy atom. The standard InChI is InChI=1S/C19H15N3OS/c1-2-8-17-13(6-1)16-12-15(18-9-5-11-24-18)21-22(16)19(23-17)14-7-3-4-10-20-14/h1-12,16,19,21H. The van der Waals surface area contributed by atoms with E-state index < -0.39 is 0 Å². The zero-order valence-corrected chi connectivity index (χ0v) is 13.6. The predicted molar refractivity (Wildman–Crippen MR) is 94.1 cm³/mol. The van der Waals surface area contributed by atoms with Crippen molar-refractivity contribution in [3.63, 3.8) is 0 Å². The molecule has 0 bridgehead atoms. The van der Waals surface area contributed by atoms with Gasteiger partial charge in [0.1, 0.15) is 5.75 Å². The number of thiophene rings is 1. The van der Waals surface area contributed by atoms with Crippen molar-refractivity contribution in [2.75, 3.05) is 0 Å². The van der Waals surface area contributed by atoms with Gasteiger partial charge in [-0.1, -0.05) is 30.3 Å². The quantitative estimate of drug-likeness (QED) is 0.765. The van der Waals surface area contributed by atoms with Gasteiger partial charge in [0.25, 0.3) is 0 Å². The molecule has 2 atom stereocenters. The number of benzene rings is 1. The molecule has 0 radical (unpaired) electrons. The lowest BCUT2D eigenvalue weighted by Crippen LogP contribution is -2.43. The van der Waals surface area contributed by atoms with E-state index in [9.17, 15) is 0 Å². The number of hydrogen-bond acceptors (Lipinski definition) is 5. The average Bonchev–Trinajstić information content (AvgIpc) is 3.31. The minimum atomic E-state index is -0.264. The van der Waals surface area contributed by atoms with Crippen LogP contribution in [0.2, 0.25) is 0 Å². The summed E-state index contributed by atoms with van der Waals surface area (Å²) in [5.74, 6) is 0.917. The van der Waals surface area contributed by atoms with Crippen LogP contribution in [0.25, 0.3) is 5.70 Å². The highest BCUT2D eigenvalue weighted by Gasteiger charge is 2.40. The molecule has 0 aliphatic carbocycles. The van der Waals surface area contributed by atoms with Gasteiger partial charge in [0, 0.05) is 11.8 Å². The van der Waals surface area contributed by atoms with Gasteiger partial charge < -0.3 is 10.2 Å². The summed E-state index contributed by atoms with van der Waals surface area (Å²) in [4.78, 5) is 5.72. The molecular weight excluding hydrogens is 318 g/mol. The molecule has 0 amide bonds. The first-order valence-electron chi connectivity index (χ1n) is 7.87. The van der Waals surface area contributed by atoms with Crippen LogP contribution in [-0.4, -0.2) is 9.99 Å². The van der Waals surface area contributed by atoms with Gasteiger partial charge in [-0.05, 0) is 35.7 Å². The van der Waals surface area contributed by atoms with Gasteiger partial charge in [-0.15, -0.1) is 11.3 Å². The lowest BCUT2D eigenvalue weighted by Gasteiger charge is -2.38. The van der Waals surface area contributed by atoms with Crippen molar-refractivity contribution in [1.29, 1.82) is 0 Å². The fraction of sp³-hybridized carbons (Fsp3) is 0.105. The van der Waals surface area contributed by atoms with E-state index in [0.29, 0.717) is 0 Å². The molecule has 4 heterocycles. The Labute approximate surface area is 144 Å². The Balaban J connectivity index is 1.61. The normalized spacial score (nSPS) is 22.1. The van der Waals surface area contributed by atoms with Crippen molar-refractivity contribution >= 4 is 17.0 Å². The number of hydrogen-bond donors (Lipinski definition) is 1. The first-order valence-corrected chi connectivity index (χ1v) is 8.75. The van der Waals surface area contributed by atoms with Crippen LogP contribution >= 0.6 is 11.3 Å². The largest absolute Gasteiger partial charge is 0.467 e. The first kappa shape index (κ1) is 13.8. The molecule has 1 N–H and O–H groups in total. The van der Waals surface area contributed by atoms with Gasteiger partial charge in [-0.25, -0.2) is 0 Å². The van der Waals surface area contributed by atoms with E-state index in [4.69, 9.17) is 4.74 Å². The van der Waals surface area contributed by atoms with Crippen LogP contribution in [0, 0.1) is 0 Å². The Morgan fingerprint density at radius 2 is 1.96 bits per heavy atom. The zero-order chi connectivity index (χ0) is 15.9. The Morgan fingerprint density at radius 3 is 2.79 bits per heavy atom. The number of pyridine rings is 1. The van der Waals surface area contributed by atoms with Crippen LogP contribution in [0.3, 0.4) is 0 Å². The number of hydrazine groups is 1. The van der Waals surface area contributed by atoms with Crippen molar-refractivity contribution in [3.05, 3.63) is 88.4 Å². The number of aromatic nitrogens is 1. The van der Waals surface area contributed by atoms with E-state index >= 15 is 0 Å². The van der Waals surface area contributed by atoms with Gasteiger partial charge >= 0.3 is 0 Å². The van der Waals surface area contributed by atoms with Crippen molar-refractivity contribution in [2.24, 2.45) is 0 Å². The van der Waals surface area contributed by atoms with Crippen LogP contribution in [0.1, 0.15) is 28.4 Å². The zero-order valence-electron chi connectivity index (χ0n) is 12.8. The lowest BCUT2D eigenvalue weighted by atomic mass is 10.0. The molecule has 0 fully saturated rings. The first-order chi connectivity index (χ1) is 11.9. The smallest absolute Gasteiger partial charge is 0.212 e. The van der Waals surface area contributed by atoms with E-state index in [-0.39, 0.29) is 12.3 Å². The monoisotopic (exact) mass is 333 g/mol. The summed E-state index contributed by atoms with van der Waals surface area (Å²) in [7, 11) is 0. The van der Waals surface area contributed by atoms with Gasteiger partial charge in [-0.2, -0.15) is 5.01 Å². The van der Waals surface area contributed by atoms with Gasteiger partial charge in [0.15, 0.2) is 0 Å². The summed E-state index contributed by atoms with van der Waals surface area (Å²) < 4.78 is 6.27. The Kier molecular flexibility index (Phi) is 3.14. The molecule has 0 spiro atoms. The topological polar surface area (TPSA) is 37.4 Å². The fourth-order valence-electron chi connectivity index (χ4n) is 3.23. The third kappa shape index (κ3) is 2.13. The van der Waals surface area contributed by atoms with Crippen LogP contribution in [0.15, 0.2) is 72.3 Å². The highest BCUT2D eigenvalue weighted by atomic mass is 32.1. The third-order valence-corrected chi connectivity index (χ3v) is 5.23. The van der Waals surface area contributed by atoms with E-state index in [1.807, 2.05) is 30.3 Å². The van der Waals surface area contributed by atoms with E-state index in [2.05, 4.69) is 51.1 Å². The summed E-state index contributed by atoms with van der Waals surface area (Å²) in [6, 6.07) is 18.4. The number of nitrogens with zero attached hydrogens (tertiary/aromatic N) is 2. The summed E-state index contributed by atoms with van der Waals surface area (Å²) in [5, 5.41) is 4.23. The summed E-state index contributed by atoms with van der Waals surface area (Å²) in [6.07, 6.45) is 3.81. The summed E-state index contributed by atoms with van der Waals surface area (Å²) in [6.45, 7) is 0. The van der Waals surface area contributed by atoms with Crippen molar-refractivity contribution in [3.8, 4) is 5.75 Å². The summed E-state index contributed by atoms with van der Waals surface area (Å²) >= 11 is 1.73. The molecule has 118 valence electrons. The highest BCUT2D eigenvalue weighted by molar-refractivity contribution is 7.11. The van der Waals surface area contributed by atoms with Gasteiger partial charge in [-0.3, -0.25) is 4.98 Å².